The number of carbonyl (C=O) groups excluding carboxylic acids is 2. The minimum absolute atomic E-state index is 0.0650. The van der Waals surface area contributed by atoms with Gasteiger partial charge < -0.3 is 24.7 Å². The predicted octanol–water partition coefficient (Wildman–Crippen LogP) is 4.18. The van der Waals surface area contributed by atoms with Crippen LogP contribution in [-0.2, 0) is 28.3 Å². The molecule has 2 heterocycles. The van der Waals surface area contributed by atoms with Crippen LogP contribution in [0, 0.1) is 5.92 Å². The minimum Gasteiger partial charge on any atom is -0.491 e. The number of amides is 2. The molecule has 1 aromatic heterocycles. The fourth-order valence-corrected chi connectivity index (χ4v) is 5.69. The zero-order chi connectivity index (χ0) is 32.0. The molecule has 2 N–H and O–H groups in total. The summed E-state index contributed by atoms with van der Waals surface area (Å²) in [7, 11) is 1.45. The number of rotatable bonds is 12. The van der Waals surface area contributed by atoms with Gasteiger partial charge in [-0.2, -0.15) is 0 Å². The van der Waals surface area contributed by atoms with E-state index in [0.717, 1.165) is 11.1 Å². The number of aliphatic hydroxyl groups is 2. The zero-order valence-electron chi connectivity index (χ0n) is 25.4. The van der Waals surface area contributed by atoms with Crippen molar-refractivity contribution in [3.05, 3.63) is 136 Å². The van der Waals surface area contributed by atoms with Crippen molar-refractivity contribution < 1.29 is 24.5 Å². The Bertz CT molecular complexity index is 1730. The Morgan fingerprint density at radius 2 is 1.67 bits per heavy atom. The van der Waals surface area contributed by atoms with Gasteiger partial charge in [0.25, 0.3) is 11.5 Å². The maximum Gasteiger partial charge on any atom is 0.297 e. The van der Waals surface area contributed by atoms with Crippen LogP contribution >= 0.6 is 0 Å². The minimum atomic E-state index is -1.82. The maximum atomic E-state index is 13.9. The van der Waals surface area contributed by atoms with Crippen molar-refractivity contribution in [1.82, 2.24) is 9.47 Å². The van der Waals surface area contributed by atoms with Gasteiger partial charge in [-0.3, -0.25) is 19.0 Å². The molecular weight excluding hydrogens is 570 g/mol. The van der Waals surface area contributed by atoms with Gasteiger partial charge in [-0.15, -0.1) is 0 Å². The average Bonchev–Trinajstić information content (AvgIpc) is 3.28. The van der Waals surface area contributed by atoms with Gasteiger partial charge in [0.05, 0.1) is 25.9 Å². The van der Waals surface area contributed by atoms with E-state index in [9.17, 15) is 24.6 Å². The first-order valence-corrected chi connectivity index (χ1v) is 14.9. The summed E-state index contributed by atoms with van der Waals surface area (Å²) >= 11 is 0. The van der Waals surface area contributed by atoms with Crippen LogP contribution in [0.4, 0.5) is 5.69 Å². The van der Waals surface area contributed by atoms with E-state index in [-0.39, 0.29) is 43.3 Å². The van der Waals surface area contributed by atoms with Crippen LogP contribution < -0.4 is 15.2 Å². The van der Waals surface area contributed by atoms with Crippen LogP contribution in [0.25, 0.3) is 5.69 Å². The van der Waals surface area contributed by atoms with Crippen LogP contribution in [0.1, 0.15) is 30.0 Å². The van der Waals surface area contributed by atoms with Crippen LogP contribution in [0.2, 0.25) is 0 Å². The molecule has 3 aromatic carbocycles. The fraction of sp³-hybridized carbons (Fsp3) is 0.250. The van der Waals surface area contributed by atoms with E-state index in [1.54, 1.807) is 71.5 Å². The van der Waals surface area contributed by atoms with E-state index in [4.69, 9.17) is 4.74 Å². The summed E-state index contributed by atoms with van der Waals surface area (Å²) < 4.78 is 6.63. The lowest BCUT2D eigenvalue weighted by Gasteiger charge is -2.28. The van der Waals surface area contributed by atoms with Crippen molar-refractivity contribution in [3.63, 3.8) is 0 Å². The number of anilines is 1. The smallest absolute Gasteiger partial charge is 0.297 e. The number of para-hydroxylation sites is 1. The van der Waals surface area contributed by atoms with Crippen molar-refractivity contribution in [1.29, 1.82) is 0 Å². The summed E-state index contributed by atoms with van der Waals surface area (Å²) in [6, 6.07) is 27.4. The number of aliphatic hydroxyl groups excluding tert-OH is 1. The van der Waals surface area contributed by atoms with Crippen LogP contribution in [0.3, 0.4) is 0 Å². The van der Waals surface area contributed by atoms with Crippen molar-refractivity contribution in [2.45, 2.75) is 32.0 Å². The van der Waals surface area contributed by atoms with E-state index in [1.165, 1.54) is 11.7 Å². The number of benzene rings is 3. The summed E-state index contributed by atoms with van der Waals surface area (Å²) in [5, 5.41) is 21.4. The third-order valence-corrected chi connectivity index (χ3v) is 8.18. The molecule has 1 aliphatic heterocycles. The highest BCUT2D eigenvalue weighted by Gasteiger charge is 2.52. The SMILES string of the molecule is COc1cccn(-c2ccc(CN3C(=O)[C@@](O)([C@@H](C)/C=C/CC(=O)N(CCO)Cc4ccccc4)c4ccccc43)cc2)c1=O. The second-order valence-corrected chi connectivity index (χ2v) is 11.0. The molecular formula is C36H37N3O6. The van der Waals surface area contributed by atoms with Crippen molar-refractivity contribution in [2.24, 2.45) is 5.92 Å². The Hall–Kier alpha value is -4.99. The van der Waals surface area contributed by atoms with E-state index in [1.807, 2.05) is 54.6 Å². The molecule has 0 radical (unpaired) electrons. The summed E-state index contributed by atoms with van der Waals surface area (Å²) in [6.07, 6.45) is 5.11. The van der Waals surface area contributed by atoms with E-state index in [0.29, 0.717) is 23.5 Å². The number of aromatic nitrogens is 1. The molecule has 2 atom stereocenters. The van der Waals surface area contributed by atoms with Gasteiger partial charge in [0, 0.05) is 42.9 Å². The monoisotopic (exact) mass is 607 g/mol. The van der Waals surface area contributed by atoms with Crippen molar-refractivity contribution >= 4 is 17.5 Å². The molecule has 0 fully saturated rings. The molecule has 2 amide bonds. The number of pyridine rings is 1. The van der Waals surface area contributed by atoms with Gasteiger partial charge in [-0.25, -0.2) is 0 Å². The predicted molar refractivity (Wildman–Crippen MR) is 172 cm³/mol. The van der Waals surface area contributed by atoms with Gasteiger partial charge in [0.2, 0.25) is 5.91 Å². The highest BCUT2D eigenvalue weighted by Crippen LogP contribution is 2.45. The fourth-order valence-electron chi connectivity index (χ4n) is 5.69. The highest BCUT2D eigenvalue weighted by molar-refractivity contribution is 6.07. The molecule has 0 spiro atoms. The lowest BCUT2D eigenvalue weighted by molar-refractivity contribution is -0.139. The number of methoxy groups -OCH3 is 1. The lowest BCUT2D eigenvalue weighted by atomic mass is 9.83. The topological polar surface area (TPSA) is 112 Å². The molecule has 0 saturated heterocycles. The summed E-state index contributed by atoms with van der Waals surface area (Å²) in [4.78, 5) is 42.7. The number of hydrogen-bond donors (Lipinski definition) is 2. The molecule has 232 valence electrons. The van der Waals surface area contributed by atoms with E-state index >= 15 is 0 Å². The Morgan fingerprint density at radius 1 is 0.956 bits per heavy atom. The van der Waals surface area contributed by atoms with Crippen molar-refractivity contribution in [2.75, 3.05) is 25.2 Å². The standard InChI is InChI=1S/C36H37N3O6/c1-26(10-8-16-33(41)37(22-23-40)24-27-11-4-3-5-12-27)36(44)30-13-6-7-14-31(30)39(35(36)43)25-28-17-19-29(20-18-28)38-21-9-15-32(45-2)34(38)42/h3-15,17-21,26,40,44H,16,22-25H2,1-2H3/b10-8+/t26-,36+/m0/s1. The first kappa shape index (κ1) is 31.4. The Morgan fingerprint density at radius 3 is 2.38 bits per heavy atom. The summed E-state index contributed by atoms with van der Waals surface area (Å²) in [6.45, 7) is 2.41. The normalized spacial score (nSPS) is 16.5. The molecule has 4 aromatic rings. The van der Waals surface area contributed by atoms with Crippen LogP contribution in [-0.4, -0.2) is 51.8 Å². The molecule has 5 rings (SSSR count). The van der Waals surface area contributed by atoms with Crippen molar-refractivity contribution in [3.8, 4) is 11.4 Å². The molecule has 9 heteroatoms. The number of nitrogens with zero attached hydrogens (tertiary/aromatic N) is 3. The number of ether oxygens (including phenoxy) is 1. The number of carbonyl (C=O) groups is 2. The lowest BCUT2D eigenvalue weighted by Crippen LogP contribution is -2.44. The van der Waals surface area contributed by atoms with Crippen LogP contribution in [0.5, 0.6) is 5.75 Å². The molecule has 1 aliphatic rings. The highest BCUT2D eigenvalue weighted by atomic mass is 16.5. The molecule has 0 unspecified atom stereocenters. The average molecular weight is 608 g/mol. The number of fused-ring (bicyclic) bond motifs is 1. The van der Waals surface area contributed by atoms with E-state index in [2.05, 4.69) is 0 Å². The maximum absolute atomic E-state index is 13.9. The van der Waals surface area contributed by atoms with Gasteiger partial charge in [0.1, 0.15) is 0 Å². The molecule has 9 nitrogen and oxygen atoms in total. The molecule has 0 saturated carbocycles. The largest absolute Gasteiger partial charge is 0.491 e. The number of hydrogen-bond acceptors (Lipinski definition) is 6. The van der Waals surface area contributed by atoms with Gasteiger partial charge in [-0.1, -0.05) is 79.7 Å². The molecule has 0 aliphatic carbocycles. The zero-order valence-corrected chi connectivity index (χ0v) is 25.4. The molecule has 0 bridgehead atoms. The Kier molecular flexibility index (Phi) is 9.61. The second kappa shape index (κ2) is 13.8. The quantitative estimate of drug-likeness (QED) is 0.234. The first-order chi connectivity index (χ1) is 21.8. The second-order valence-electron chi connectivity index (χ2n) is 11.0. The molecule has 45 heavy (non-hydrogen) atoms. The van der Waals surface area contributed by atoms with Crippen LogP contribution in [0.15, 0.2) is 114 Å². The summed E-state index contributed by atoms with van der Waals surface area (Å²) in [5.41, 5.74) is 1.46. The van der Waals surface area contributed by atoms with E-state index < -0.39 is 17.4 Å². The Labute approximate surface area is 262 Å². The van der Waals surface area contributed by atoms with Gasteiger partial charge in [0.15, 0.2) is 11.4 Å². The first-order valence-electron chi connectivity index (χ1n) is 14.9. The third-order valence-electron chi connectivity index (χ3n) is 8.18. The van der Waals surface area contributed by atoms with Gasteiger partial charge in [-0.05, 0) is 41.5 Å². The third kappa shape index (κ3) is 6.45. The Balaban J connectivity index is 1.31. The van der Waals surface area contributed by atoms with Gasteiger partial charge >= 0.3 is 0 Å². The summed E-state index contributed by atoms with van der Waals surface area (Å²) in [5.74, 6) is -1.01.